The quantitative estimate of drug-likeness (QED) is 0.149. The Morgan fingerprint density at radius 2 is 1.39 bits per heavy atom. The second-order valence-electron chi connectivity index (χ2n) is 10.5. The fourth-order valence-corrected chi connectivity index (χ4v) is 4.60. The number of aryl methyl sites for hydroxylation is 2. The number of rotatable bonds is 12. The fraction of sp³-hybridized carbons (Fsp3) is 0.314. The first-order chi connectivity index (χ1) is 19.5. The Kier molecular flexibility index (Phi) is 12.9. The van der Waals surface area contributed by atoms with Crippen LogP contribution in [0, 0.1) is 5.41 Å². The van der Waals surface area contributed by atoms with E-state index in [1.54, 1.807) is 11.8 Å². The lowest BCUT2D eigenvalue weighted by Crippen LogP contribution is -2.17. The van der Waals surface area contributed by atoms with E-state index in [9.17, 15) is 0 Å². The third kappa shape index (κ3) is 10.6. The topological polar surface area (TPSA) is 61.9 Å². The van der Waals surface area contributed by atoms with Crippen molar-refractivity contribution in [3.8, 4) is 0 Å². The molecule has 0 amide bonds. The van der Waals surface area contributed by atoms with Crippen molar-refractivity contribution in [2.24, 2.45) is 5.41 Å². The van der Waals surface area contributed by atoms with E-state index in [0.29, 0.717) is 5.82 Å². The van der Waals surface area contributed by atoms with Crippen LogP contribution in [0.2, 0.25) is 0 Å². The van der Waals surface area contributed by atoms with E-state index in [4.69, 9.17) is 9.97 Å². The maximum absolute atomic E-state index is 4.73. The highest BCUT2D eigenvalue weighted by Gasteiger charge is 2.13. The van der Waals surface area contributed by atoms with Crippen LogP contribution in [0.5, 0.6) is 0 Å². The van der Waals surface area contributed by atoms with Crippen molar-refractivity contribution in [3.63, 3.8) is 0 Å². The van der Waals surface area contributed by atoms with Crippen molar-refractivity contribution in [1.82, 2.24) is 15.3 Å². The molecule has 0 aliphatic heterocycles. The molecule has 1 heterocycles. The van der Waals surface area contributed by atoms with Gasteiger partial charge in [-0.25, -0.2) is 9.97 Å². The van der Waals surface area contributed by atoms with E-state index in [2.05, 4.69) is 102 Å². The number of benzene rings is 2. The second kappa shape index (κ2) is 15.9. The second-order valence-corrected chi connectivity index (χ2v) is 11.5. The van der Waals surface area contributed by atoms with Crippen LogP contribution in [0.25, 0.3) is 5.70 Å². The summed E-state index contributed by atoms with van der Waals surface area (Å²) in [6.07, 6.45) is 3.82. The van der Waals surface area contributed by atoms with E-state index in [1.807, 2.05) is 50.2 Å². The Morgan fingerprint density at radius 1 is 0.854 bits per heavy atom. The Balaban J connectivity index is 0.00000287. The highest BCUT2D eigenvalue weighted by molar-refractivity contribution is 7.99. The van der Waals surface area contributed by atoms with Crippen LogP contribution in [0.3, 0.4) is 0 Å². The molecule has 6 heteroatoms. The highest BCUT2D eigenvalue weighted by Crippen LogP contribution is 2.32. The van der Waals surface area contributed by atoms with Crippen LogP contribution in [-0.4, -0.2) is 9.97 Å². The third-order valence-corrected chi connectivity index (χ3v) is 7.25. The minimum Gasteiger partial charge on any atom is -0.355 e. The lowest BCUT2D eigenvalue weighted by Gasteiger charge is -2.20. The molecule has 0 fully saturated rings. The lowest BCUT2D eigenvalue weighted by molar-refractivity contribution is 0.503. The van der Waals surface area contributed by atoms with Crippen molar-refractivity contribution in [3.05, 3.63) is 114 Å². The zero-order valence-corrected chi connectivity index (χ0v) is 26.9. The van der Waals surface area contributed by atoms with Crippen molar-refractivity contribution >= 4 is 28.8 Å². The van der Waals surface area contributed by atoms with Gasteiger partial charge in [-0.3, -0.25) is 0 Å². The number of hydrogen-bond acceptors (Lipinski definition) is 6. The minimum absolute atomic E-state index is 0.0952. The van der Waals surface area contributed by atoms with Crippen LogP contribution in [-0.2, 0) is 12.8 Å². The van der Waals surface area contributed by atoms with Crippen LogP contribution < -0.4 is 16.0 Å². The van der Waals surface area contributed by atoms with E-state index < -0.39 is 0 Å². The number of allylic oxidation sites excluding steroid dienone is 2. The van der Waals surface area contributed by atoms with E-state index in [1.165, 1.54) is 5.57 Å². The molecule has 218 valence electrons. The Hall–Kier alpha value is -3.77. The predicted octanol–water partition coefficient (Wildman–Crippen LogP) is 9.84. The van der Waals surface area contributed by atoms with Crippen LogP contribution >= 0.6 is 11.8 Å². The zero-order valence-electron chi connectivity index (χ0n) is 26.1. The molecule has 0 spiro atoms. The minimum atomic E-state index is 0.0952. The molecule has 0 atom stereocenters. The molecule has 1 aromatic heterocycles. The molecule has 41 heavy (non-hydrogen) atoms. The number of aromatic nitrogens is 2. The van der Waals surface area contributed by atoms with Gasteiger partial charge in [0, 0.05) is 44.6 Å². The van der Waals surface area contributed by atoms with E-state index in [-0.39, 0.29) is 5.41 Å². The summed E-state index contributed by atoms with van der Waals surface area (Å²) in [6, 6.07) is 18.3. The molecule has 0 aliphatic carbocycles. The van der Waals surface area contributed by atoms with Crippen LogP contribution in [0.15, 0.2) is 108 Å². The van der Waals surface area contributed by atoms with Gasteiger partial charge >= 0.3 is 0 Å². The van der Waals surface area contributed by atoms with E-state index in [0.717, 1.165) is 62.6 Å². The molecule has 0 aliphatic rings. The first-order valence-corrected chi connectivity index (χ1v) is 15.1. The summed E-state index contributed by atoms with van der Waals surface area (Å²) in [5, 5.41) is 10.7. The monoisotopic (exact) mass is 569 g/mol. The number of anilines is 2. The maximum Gasteiger partial charge on any atom is 0.192 e. The van der Waals surface area contributed by atoms with Gasteiger partial charge in [-0.15, -0.1) is 0 Å². The van der Waals surface area contributed by atoms with Gasteiger partial charge in [-0.1, -0.05) is 92.0 Å². The summed E-state index contributed by atoms with van der Waals surface area (Å²) in [7, 11) is 0. The van der Waals surface area contributed by atoms with Gasteiger partial charge in [0.2, 0.25) is 0 Å². The normalized spacial score (nSPS) is 11.2. The standard InChI is InChI=1S/C33H41N5S.C2H6/c1-10-26-21-27(11-2)38-32(37-26)39-31-15-13-12-14-30(31)24(5)35-28-16-18-29(19-17-28)36-25(6)34-23(4)20-22(3)33(7,8)9;1-2/h12-21,34-36H,4-6,10-11H2,1-3,7-9H3;1-2H3/b22-20+;. The Morgan fingerprint density at radius 3 is 1.93 bits per heavy atom. The molecule has 0 radical (unpaired) electrons. The van der Waals surface area contributed by atoms with Crippen molar-refractivity contribution in [2.45, 2.75) is 78.3 Å². The largest absolute Gasteiger partial charge is 0.355 e. The molecule has 0 bridgehead atoms. The van der Waals surface area contributed by atoms with Gasteiger partial charge in [0.15, 0.2) is 5.16 Å². The highest BCUT2D eigenvalue weighted by atomic mass is 32.2. The lowest BCUT2D eigenvalue weighted by atomic mass is 9.87. The number of nitrogens with zero attached hydrogens (tertiary/aromatic N) is 2. The van der Waals surface area contributed by atoms with Gasteiger partial charge < -0.3 is 16.0 Å². The van der Waals surface area contributed by atoms with Gasteiger partial charge in [0.1, 0.15) is 5.82 Å². The molecule has 5 nitrogen and oxygen atoms in total. The summed E-state index contributed by atoms with van der Waals surface area (Å²) in [5.41, 5.74) is 7.95. The van der Waals surface area contributed by atoms with Crippen LogP contribution in [0.1, 0.15) is 72.3 Å². The van der Waals surface area contributed by atoms with Crippen molar-refractivity contribution in [1.29, 1.82) is 0 Å². The predicted molar refractivity (Wildman–Crippen MR) is 180 cm³/mol. The molecular weight excluding hydrogens is 522 g/mol. The van der Waals surface area contributed by atoms with Crippen molar-refractivity contribution in [2.75, 3.05) is 10.6 Å². The summed E-state index contributed by atoms with van der Waals surface area (Å²) >= 11 is 1.57. The van der Waals surface area contributed by atoms with Gasteiger partial charge in [0.25, 0.3) is 0 Å². The van der Waals surface area contributed by atoms with Gasteiger partial charge in [-0.2, -0.15) is 0 Å². The molecule has 3 aromatic rings. The summed E-state index contributed by atoms with van der Waals surface area (Å²) in [5.74, 6) is 0.662. The Labute approximate surface area is 252 Å². The maximum atomic E-state index is 4.73. The molecule has 3 rings (SSSR count). The smallest absolute Gasteiger partial charge is 0.192 e. The van der Waals surface area contributed by atoms with Crippen LogP contribution in [0.4, 0.5) is 11.4 Å². The summed E-state index contributed by atoms with van der Waals surface area (Å²) in [4.78, 5) is 10.5. The zero-order chi connectivity index (χ0) is 30.6. The van der Waals surface area contributed by atoms with Gasteiger partial charge in [0.05, 0.1) is 0 Å². The van der Waals surface area contributed by atoms with E-state index >= 15 is 0 Å². The average molecular weight is 570 g/mol. The number of hydrogen-bond donors (Lipinski definition) is 3. The third-order valence-electron chi connectivity index (χ3n) is 6.31. The molecule has 0 saturated carbocycles. The molecule has 0 saturated heterocycles. The average Bonchev–Trinajstić information content (AvgIpc) is 2.94. The SMILES string of the molecule is C=C(/C=C(\C)C(C)(C)C)NC(=C)Nc1ccc(NC(=C)c2ccccc2Sc2nc(CC)cc(CC)n2)cc1.CC. The molecule has 0 unspecified atom stereocenters. The van der Waals surface area contributed by atoms with Crippen molar-refractivity contribution < 1.29 is 0 Å². The number of nitrogens with one attached hydrogen (secondary N) is 3. The molecule has 2 aromatic carbocycles. The molecule has 3 N–H and O–H groups in total. The Bertz CT molecular complexity index is 1340. The summed E-state index contributed by atoms with van der Waals surface area (Å²) < 4.78 is 0. The first-order valence-electron chi connectivity index (χ1n) is 14.3. The fourth-order valence-electron chi connectivity index (χ4n) is 3.63. The van der Waals surface area contributed by atoms with Gasteiger partial charge in [-0.05, 0) is 79.4 Å². The first kappa shape index (κ1) is 33.4. The molecular formula is C35H47N5S. The summed E-state index contributed by atoms with van der Waals surface area (Å²) in [6.45, 7) is 29.4.